The molecule has 0 aliphatic heterocycles. The number of rotatable bonds is 4. The molecule has 2 heterocycles. The zero-order valence-electron chi connectivity index (χ0n) is 14.1. The van der Waals surface area contributed by atoms with Crippen LogP contribution >= 0.6 is 11.6 Å². The van der Waals surface area contributed by atoms with Crippen LogP contribution in [0.3, 0.4) is 0 Å². The van der Waals surface area contributed by atoms with Crippen LogP contribution in [0.2, 0.25) is 5.02 Å². The van der Waals surface area contributed by atoms with E-state index in [1.54, 1.807) is 30.7 Å². The van der Waals surface area contributed by atoms with Gasteiger partial charge in [-0.2, -0.15) is 0 Å². The topological polar surface area (TPSA) is 78.9 Å². The highest BCUT2D eigenvalue weighted by atomic mass is 35.5. The number of carbonyl (C=O) groups excluding carboxylic acids is 1. The van der Waals surface area contributed by atoms with Crippen molar-refractivity contribution in [2.75, 3.05) is 0 Å². The number of halogens is 1. The second kappa shape index (κ2) is 6.33. The summed E-state index contributed by atoms with van der Waals surface area (Å²) in [4.78, 5) is 41.0. The molecule has 0 radical (unpaired) electrons. The number of hydrogen-bond donors (Lipinski definition) is 0. The number of Topliss-reactive ketones (excluding diaryl/α,β-unsaturated/α-hetero) is 1. The van der Waals surface area contributed by atoms with Gasteiger partial charge in [0.1, 0.15) is 11.6 Å². The van der Waals surface area contributed by atoms with Crippen LogP contribution in [-0.2, 0) is 24.9 Å². The third kappa shape index (κ3) is 3.02. The predicted molar refractivity (Wildman–Crippen MR) is 95.2 cm³/mol. The van der Waals surface area contributed by atoms with E-state index in [4.69, 9.17) is 11.6 Å². The molecule has 2 aromatic heterocycles. The van der Waals surface area contributed by atoms with Gasteiger partial charge in [0.2, 0.25) is 0 Å². The average molecular weight is 361 g/mol. The molecule has 1 aromatic carbocycles. The Labute approximate surface area is 148 Å². The smallest absolute Gasteiger partial charge is 0.318 e. The van der Waals surface area contributed by atoms with Crippen LogP contribution in [0.25, 0.3) is 11.2 Å². The first kappa shape index (κ1) is 17.2. The molecular formula is C17H17ClN4O3. The molecule has 0 N–H and O–H groups in total. The Morgan fingerprint density at radius 3 is 2.40 bits per heavy atom. The lowest BCUT2D eigenvalue weighted by molar-refractivity contribution is -0.117. The van der Waals surface area contributed by atoms with Crippen LogP contribution in [0.15, 0.2) is 33.9 Å². The Hall–Kier alpha value is -2.67. The van der Waals surface area contributed by atoms with Gasteiger partial charge in [-0.05, 0) is 31.5 Å². The SMILES string of the molecule is CC(=O)Cn1c(=O)c2c(nc(C)n2Cc2ccc(Cl)cc2)n(C)c1=O. The second-order valence-electron chi connectivity index (χ2n) is 5.98. The number of aromatic nitrogens is 4. The van der Waals surface area contributed by atoms with Gasteiger partial charge >= 0.3 is 5.69 Å². The van der Waals surface area contributed by atoms with Crippen molar-refractivity contribution in [1.82, 2.24) is 18.7 Å². The highest BCUT2D eigenvalue weighted by molar-refractivity contribution is 6.30. The van der Waals surface area contributed by atoms with Crippen molar-refractivity contribution >= 4 is 28.5 Å². The predicted octanol–water partition coefficient (Wildman–Crippen LogP) is 1.50. The molecule has 130 valence electrons. The van der Waals surface area contributed by atoms with E-state index in [1.807, 2.05) is 12.1 Å². The van der Waals surface area contributed by atoms with E-state index in [9.17, 15) is 14.4 Å². The number of fused-ring (bicyclic) bond motifs is 1. The van der Waals surface area contributed by atoms with Gasteiger partial charge in [0.05, 0.1) is 6.54 Å². The van der Waals surface area contributed by atoms with Gasteiger partial charge in [-0.1, -0.05) is 23.7 Å². The molecule has 0 aliphatic carbocycles. The fourth-order valence-corrected chi connectivity index (χ4v) is 2.93. The lowest BCUT2D eigenvalue weighted by atomic mass is 10.2. The molecule has 0 unspecified atom stereocenters. The normalized spacial score (nSPS) is 11.2. The number of aryl methyl sites for hydroxylation is 2. The maximum absolute atomic E-state index is 12.8. The van der Waals surface area contributed by atoms with E-state index in [0.29, 0.717) is 28.6 Å². The lowest BCUT2D eigenvalue weighted by Crippen LogP contribution is -2.41. The summed E-state index contributed by atoms with van der Waals surface area (Å²) in [5, 5.41) is 0.627. The summed E-state index contributed by atoms with van der Waals surface area (Å²) in [5.74, 6) is 0.344. The molecule has 0 atom stereocenters. The quantitative estimate of drug-likeness (QED) is 0.706. The summed E-state index contributed by atoms with van der Waals surface area (Å²) in [6, 6.07) is 7.28. The zero-order valence-corrected chi connectivity index (χ0v) is 14.9. The van der Waals surface area contributed by atoms with Crippen molar-refractivity contribution in [3.05, 3.63) is 61.5 Å². The van der Waals surface area contributed by atoms with Crippen molar-refractivity contribution < 1.29 is 4.79 Å². The highest BCUT2D eigenvalue weighted by Gasteiger charge is 2.19. The van der Waals surface area contributed by atoms with Crippen molar-refractivity contribution in [1.29, 1.82) is 0 Å². The molecule has 0 amide bonds. The maximum Gasteiger partial charge on any atom is 0.332 e. The van der Waals surface area contributed by atoms with Crippen molar-refractivity contribution in [3.8, 4) is 0 Å². The number of nitrogens with zero attached hydrogens (tertiary/aromatic N) is 4. The monoisotopic (exact) mass is 360 g/mol. The van der Waals surface area contributed by atoms with Crippen LogP contribution in [0, 0.1) is 6.92 Å². The van der Waals surface area contributed by atoms with E-state index in [-0.39, 0.29) is 12.3 Å². The van der Waals surface area contributed by atoms with Crippen LogP contribution in [0.4, 0.5) is 0 Å². The van der Waals surface area contributed by atoms with Gasteiger partial charge < -0.3 is 4.57 Å². The summed E-state index contributed by atoms with van der Waals surface area (Å²) in [6.07, 6.45) is 0. The number of imidazole rings is 1. The van der Waals surface area contributed by atoms with Gasteiger partial charge in [-0.25, -0.2) is 9.78 Å². The summed E-state index contributed by atoms with van der Waals surface area (Å²) in [7, 11) is 1.54. The third-order valence-corrected chi connectivity index (χ3v) is 4.31. The van der Waals surface area contributed by atoms with Gasteiger partial charge in [0.25, 0.3) is 5.56 Å². The van der Waals surface area contributed by atoms with Gasteiger partial charge in [0.15, 0.2) is 11.2 Å². The molecule has 3 aromatic rings. The second-order valence-corrected chi connectivity index (χ2v) is 6.42. The van der Waals surface area contributed by atoms with Gasteiger partial charge in [-0.15, -0.1) is 0 Å². The van der Waals surface area contributed by atoms with Crippen molar-refractivity contribution in [3.63, 3.8) is 0 Å². The van der Waals surface area contributed by atoms with Crippen molar-refractivity contribution in [2.45, 2.75) is 26.9 Å². The first-order valence-electron chi connectivity index (χ1n) is 7.70. The van der Waals surface area contributed by atoms with Crippen LogP contribution in [0.1, 0.15) is 18.3 Å². The Kier molecular flexibility index (Phi) is 4.34. The average Bonchev–Trinajstić information content (AvgIpc) is 2.88. The standard InChI is InChI=1S/C17H17ClN4O3/c1-10(23)8-22-16(24)14-15(20(3)17(22)25)19-11(2)21(14)9-12-4-6-13(18)7-5-12/h4-7H,8-9H2,1-3H3. The molecule has 0 spiro atoms. The first-order valence-corrected chi connectivity index (χ1v) is 8.08. The lowest BCUT2D eigenvalue weighted by Gasteiger charge is -2.09. The van der Waals surface area contributed by atoms with E-state index in [1.165, 1.54) is 11.5 Å². The van der Waals surface area contributed by atoms with Crippen LogP contribution in [0.5, 0.6) is 0 Å². The number of benzene rings is 1. The van der Waals surface area contributed by atoms with Crippen LogP contribution < -0.4 is 11.2 Å². The van der Waals surface area contributed by atoms with E-state index in [2.05, 4.69) is 4.98 Å². The number of hydrogen-bond acceptors (Lipinski definition) is 4. The van der Waals surface area contributed by atoms with Gasteiger partial charge in [0, 0.05) is 18.6 Å². The Balaban J connectivity index is 2.26. The Bertz CT molecular complexity index is 1090. The van der Waals surface area contributed by atoms with Crippen molar-refractivity contribution in [2.24, 2.45) is 7.05 Å². The molecule has 0 fully saturated rings. The molecular weight excluding hydrogens is 344 g/mol. The summed E-state index contributed by atoms with van der Waals surface area (Å²) in [5.41, 5.74) is 0.488. The zero-order chi connectivity index (χ0) is 18.3. The van der Waals surface area contributed by atoms with Crippen LogP contribution in [-0.4, -0.2) is 24.5 Å². The summed E-state index contributed by atoms with van der Waals surface area (Å²) in [6.45, 7) is 3.26. The minimum absolute atomic E-state index is 0.257. The number of ketones is 1. The molecule has 0 aliphatic rings. The fraction of sp³-hybridized carbons (Fsp3) is 0.294. The molecule has 25 heavy (non-hydrogen) atoms. The van der Waals surface area contributed by atoms with E-state index < -0.39 is 11.2 Å². The number of carbonyl (C=O) groups is 1. The maximum atomic E-state index is 12.8. The van der Waals surface area contributed by atoms with Gasteiger partial charge in [-0.3, -0.25) is 18.7 Å². The molecule has 8 heteroatoms. The minimum Gasteiger partial charge on any atom is -0.318 e. The largest absolute Gasteiger partial charge is 0.332 e. The third-order valence-electron chi connectivity index (χ3n) is 4.06. The molecule has 7 nitrogen and oxygen atoms in total. The summed E-state index contributed by atoms with van der Waals surface area (Å²) < 4.78 is 3.99. The fourth-order valence-electron chi connectivity index (χ4n) is 2.81. The first-order chi connectivity index (χ1) is 11.8. The molecule has 0 saturated carbocycles. The Morgan fingerprint density at radius 2 is 1.80 bits per heavy atom. The molecule has 0 saturated heterocycles. The highest BCUT2D eigenvalue weighted by Crippen LogP contribution is 2.15. The van der Waals surface area contributed by atoms with E-state index in [0.717, 1.165) is 10.1 Å². The Morgan fingerprint density at radius 1 is 1.16 bits per heavy atom. The summed E-state index contributed by atoms with van der Waals surface area (Å²) >= 11 is 5.91. The minimum atomic E-state index is -0.552. The molecule has 3 rings (SSSR count). The molecule has 0 bridgehead atoms. The van der Waals surface area contributed by atoms with E-state index >= 15 is 0 Å².